The summed E-state index contributed by atoms with van der Waals surface area (Å²) in [6, 6.07) is 9.84. The number of rotatable bonds is 7. The number of para-hydroxylation sites is 1. The number of hydrogen-bond acceptors (Lipinski definition) is 3. The Kier molecular flexibility index (Phi) is 6.07. The molecule has 3 heteroatoms. The molecule has 1 saturated heterocycles. The molecular weight excluding hydrogens is 260 g/mol. The van der Waals surface area contributed by atoms with Gasteiger partial charge in [-0.2, -0.15) is 0 Å². The normalized spacial score (nSPS) is 21.5. The summed E-state index contributed by atoms with van der Waals surface area (Å²) in [6.45, 7) is 9.83. The molecule has 1 aromatic carbocycles. The molecule has 0 aliphatic carbocycles. The van der Waals surface area contributed by atoms with Gasteiger partial charge in [0.15, 0.2) is 0 Å². The predicted octanol–water partition coefficient (Wildman–Crippen LogP) is 3.66. The maximum absolute atomic E-state index is 5.93. The van der Waals surface area contributed by atoms with Crippen LogP contribution in [0.4, 0.5) is 0 Å². The SMILES string of the molecule is CC(CC1CCCN1)NC(C)c1ccccc1OC(C)C. The van der Waals surface area contributed by atoms with Crippen molar-refractivity contribution in [2.75, 3.05) is 6.54 Å². The zero-order chi connectivity index (χ0) is 15.2. The quantitative estimate of drug-likeness (QED) is 0.804. The third-order valence-corrected chi connectivity index (χ3v) is 4.08. The highest BCUT2D eigenvalue weighted by molar-refractivity contribution is 5.35. The van der Waals surface area contributed by atoms with Crippen LogP contribution in [0.3, 0.4) is 0 Å². The van der Waals surface area contributed by atoms with Crippen LogP contribution in [0.15, 0.2) is 24.3 Å². The lowest BCUT2D eigenvalue weighted by atomic mass is 10.0. The third kappa shape index (κ3) is 5.01. The number of ether oxygens (including phenoxy) is 1. The molecule has 1 heterocycles. The average molecular weight is 290 g/mol. The van der Waals surface area contributed by atoms with E-state index in [1.54, 1.807) is 0 Å². The van der Waals surface area contributed by atoms with Gasteiger partial charge >= 0.3 is 0 Å². The molecule has 0 bridgehead atoms. The van der Waals surface area contributed by atoms with Crippen molar-refractivity contribution in [3.63, 3.8) is 0 Å². The highest BCUT2D eigenvalue weighted by atomic mass is 16.5. The molecule has 0 spiro atoms. The molecule has 1 aromatic rings. The van der Waals surface area contributed by atoms with Gasteiger partial charge in [-0.3, -0.25) is 0 Å². The van der Waals surface area contributed by atoms with Gasteiger partial charge in [0.2, 0.25) is 0 Å². The van der Waals surface area contributed by atoms with Gasteiger partial charge in [-0.1, -0.05) is 18.2 Å². The van der Waals surface area contributed by atoms with E-state index in [1.165, 1.54) is 31.4 Å². The fraction of sp³-hybridized carbons (Fsp3) is 0.667. The van der Waals surface area contributed by atoms with Gasteiger partial charge in [0, 0.05) is 23.7 Å². The highest BCUT2D eigenvalue weighted by Gasteiger charge is 2.19. The lowest BCUT2D eigenvalue weighted by molar-refractivity contribution is 0.237. The van der Waals surface area contributed by atoms with Crippen LogP contribution in [0.25, 0.3) is 0 Å². The zero-order valence-electron chi connectivity index (χ0n) is 13.9. The summed E-state index contributed by atoms with van der Waals surface area (Å²) in [4.78, 5) is 0. The first-order valence-corrected chi connectivity index (χ1v) is 8.31. The highest BCUT2D eigenvalue weighted by Crippen LogP contribution is 2.26. The first kappa shape index (κ1) is 16.3. The van der Waals surface area contributed by atoms with Gasteiger partial charge in [-0.15, -0.1) is 0 Å². The Bertz CT molecular complexity index is 427. The van der Waals surface area contributed by atoms with Crippen LogP contribution in [0, 0.1) is 0 Å². The molecule has 1 aliphatic rings. The second-order valence-corrected chi connectivity index (χ2v) is 6.52. The maximum Gasteiger partial charge on any atom is 0.124 e. The molecule has 3 nitrogen and oxygen atoms in total. The summed E-state index contributed by atoms with van der Waals surface area (Å²) in [5.41, 5.74) is 1.25. The summed E-state index contributed by atoms with van der Waals surface area (Å²) in [7, 11) is 0. The molecule has 1 fully saturated rings. The molecule has 0 saturated carbocycles. The molecule has 0 aromatic heterocycles. The van der Waals surface area contributed by atoms with Crippen LogP contribution in [-0.4, -0.2) is 24.7 Å². The van der Waals surface area contributed by atoms with E-state index in [9.17, 15) is 0 Å². The van der Waals surface area contributed by atoms with Crippen LogP contribution in [0.1, 0.15) is 58.6 Å². The Balaban J connectivity index is 1.94. The fourth-order valence-electron chi connectivity index (χ4n) is 3.17. The van der Waals surface area contributed by atoms with E-state index < -0.39 is 0 Å². The smallest absolute Gasteiger partial charge is 0.124 e. The zero-order valence-corrected chi connectivity index (χ0v) is 13.9. The van der Waals surface area contributed by atoms with Gasteiger partial charge in [0.1, 0.15) is 5.75 Å². The van der Waals surface area contributed by atoms with E-state index in [2.05, 4.69) is 56.5 Å². The average Bonchev–Trinajstić information content (AvgIpc) is 2.91. The lowest BCUT2D eigenvalue weighted by Gasteiger charge is -2.25. The Morgan fingerprint density at radius 3 is 2.67 bits per heavy atom. The molecule has 3 atom stereocenters. The molecular formula is C18H30N2O. The fourth-order valence-corrected chi connectivity index (χ4v) is 3.17. The molecule has 3 unspecified atom stereocenters. The Morgan fingerprint density at radius 2 is 2.00 bits per heavy atom. The van der Waals surface area contributed by atoms with Crippen LogP contribution >= 0.6 is 0 Å². The predicted molar refractivity (Wildman–Crippen MR) is 88.9 cm³/mol. The van der Waals surface area contributed by atoms with E-state index in [-0.39, 0.29) is 6.10 Å². The van der Waals surface area contributed by atoms with Gasteiger partial charge in [-0.25, -0.2) is 0 Å². The maximum atomic E-state index is 5.93. The molecule has 2 N–H and O–H groups in total. The summed E-state index contributed by atoms with van der Waals surface area (Å²) in [5.74, 6) is 0.999. The second kappa shape index (κ2) is 7.81. The van der Waals surface area contributed by atoms with E-state index in [4.69, 9.17) is 4.74 Å². The lowest BCUT2D eigenvalue weighted by Crippen LogP contribution is -2.35. The summed E-state index contributed by atoms with van der Waals surface area (Å²) in [5, 5.41) is 7.29. The van der Waals surface area contributed by atoms with Crippen molar-refractivity contribution >= 4 is 0 Å². The van der Waals surface area contributed by atoms with Crippen LogP contribution < -0.4 is 15.4 Å². The number of nitrogens with one attached hydrogen (secondary N) is 2. The summed E-state index contributed by atoms with van der Waals surface area (Å²) < 4.78 is 5.93. The molecule has 2 rings (SSSR count). The van der Waals surface area contributed by atoms with Crippen LogP contribution in [0.5, 0.6) is 5.75 Å². The minimum Gasteiger partial charge on any atom is -0.491 e. The standard InChI is InChI=1S/C18H30N2O/c1-13(2)21-18-10-6-5-9-17(18)15(4)20-14(3)12-16-8-7-11-19-16/h5-6,9-10,13-16,19-20H,7-8,11-12H2,1-4H3. The molecule has 21 heavy (non-hydrogen) atoms. The van der Waals surface area contributed by atoms with Gasteiger partial charge in [0.05, 0.1) is 6.10 Å². The Labute approximate surface area is 129 Å². The van der Waals surface area contributed by atoms with E-state index in [1.807, 2.05) is 6.07 Å². The topological polar surface area (TPSA) is 33.3 Å². The first-order valence-electron chi connectivity index (χ1n) is 8.31. The van der Waals surface area contributed by atoms with Crippen molar-refractivity contribution in [1.82, 2.24) is 10.6 Å². The number of benzene rings is 1. The molecule has 118 valence electrons. The van der Waals surface area contributed by atoms with Crippen molar-refractivity contribution in [2.45, 2.75) is 71.2 Å². The van der Waals surface area contributed by atoms with Crippen molar-refractivity contribution in [2.24, 2.45) is 0 Å². The van der Waals surface area contributed by atoms with E-state index >= 15 is 0 Å². The van der Waals surface area contributed by atoms with E-state index in [0.29, 0.717) is 18.1 Å². The van der Waals surface area contributed by atoms with Gasteiger partial charge in [0.25, 0.3) is 0 Å². The molecule has 0 amide bonds. The van der Waals surface area contributed by atoms with Crippen molar-refractivity contribution in [3.05, 3.63) is 29.8 Å². The molecule has 0 radical (unpaired) electrons. The van der Waals surface area contributed by atoms with Crippen LogP contribution in [0.2, 0.25) is 0 Å². The minimum atomic E-state index is 0.207. The van der Waals surface area contributed by atoms with Crippen molar-refractivity contribution in [1.29, 1.82) is 0 Å². The first-order chi connectivity index (χ1) is 10.1. The summed E-state index contributed by atoms with van der Waals surface area (Å²) in [6.07, 6.45) is 4.03. The largest absolute Gasteiger partial charge is 0.491 e. The van der Waals surface area contributed by atoms with Crippen molar-refractivity contribution in [3.8, 4) is 5.75 Å². The number of hydrogen-bond donors (Lipinski definition) is 2. The Hall–Kier alpha value is -1.06. The van der Waals surface area contributed by atoms with Gasteiger partial charge in [-0.05, 0) is 59.6 Å². The minimum absolute atomic E-state index is 0.207. The van der Waals surface area contributed by atoms with Crippen molar-refractivity contribution < 1.29 is 4.74 Å². The summed E-state index contributed by atoms with van der Waals surface area (Å²) >= 11 is 0. The van der Waals surface area contributed by atoms with Gasteiger partial charge < -0.3 is 15.4 Å². The third-order valence-electron chi connectivity index (χ3n) is 4.08. The van der Waals surface area contributed by atoms with E-state index in [0.717, 1.165) is 5.75 Å². The monoisotopic (exact) mass is 290 g/mol. The molecule has 1 aliphatic heterocycles. The second-order valence-electron chi connectivity index (χ2n) is 6.52. The van der Waals surface area contributed by atoms with Crippen LogP contribution in [-0.2, 0) is 0 Å². The Morgan fingerprint density at radius 1 is 1.24 bits per heavy atom.